The van der Waals surface area contributed by atoms with Crippen LogP contribution in [0.3, 0.4) is 0 Å². The standard InChI is InChI=1S/C10H11NO6SSe/c1-3-16-9(13)10(17-6(2)12)18-7-4-5-19-8(7)11(14)15/h4-5,10H,3H2,1-2H3. The Morgan fingerprint density at radius 2 is 2.26 bits per heavy atom. The fourth-order valence-electron chi connectivity index (χ4n) is 1.11. The molecule has 0 aromatic carbocycles. The van der Waals surface area contributed by atoms with Crippen molar-refractivity contribution >= 4 is 42.8 Å². The van der Waals surface area contributed by atoms with E-state index >= 15 is 0 Å². The molecule has 1 aromatic rings. The van der Waals surface area contributed by atoms with Crippen LogP contribution in [0.2, 0.25) is 0 Å². The van der Waals surface area contributed by atoms with Gasteiger partial charge in [-0.1, -0.05) is 0 Å². The first-order chi connectivity index (χ1) is 8.95. The van der Waals surface area contributed by atoms with E-state index in [0.29, 0.717) is 4.90 Å². The summed E-state index contributed by atoms with van der Waals surface area (Å²) in [6.07, 6.45) is 0. The average Bonchev–Trinajstić information content (AvgIpc) is 2.76. The van der Waals surface area contributed by atoms with Gasteiger partial charge < -0.3 is 0 Å². The Labute approximate surface area is 119 Å². The van der Waals surface area contributed by atoms with E-state index < -0.39 is 22.3 Å². The van der Waals surface area contributed by atoms with E-state index in [9.17, 15) is 19.7 Å². The third-order valence-corrected chi connectivity index (χ3v) is 4.95. The molecule has 1 unspecified atom stereocenters. The van der Waals surface area contributed by atoms with Crippen molar-refractivity contribution in [1.82, 2.24) is 0 Å². The van der Waals surface area contributed by atoms with Gasteiger partial charge in [-0.25, -0.2) is 0 Å². The molecule has 1 rings (SSSR count). The second-order valence-electron chi connectivity index (χ2n) is 3.16. The third kappa shape index (κ3) is 4.70. The van der Waals surface area contributed by atoms with Gasteiger partial charge in [-0.05, 0) is 0 Å². The Morgan fingerprint density at radius 1 is 1.58 bits per heavy atom. The van der Waals surface area contributed by atoms with E-state index in [1.165, 1.54) is 0 Å². The topological polar surface area (TPSA) is 95.7 Å². The normalized spacial score (nSPS) is 11.7. The van der Waals surface area contributed by atoms with E-state index in [-0.39, 0.29) is 25.7 Å². The minimum atomic E-state index is -1.22. The maximum atomic E-state index is 11.6. The number of esters is 2. The molecule has 0 saturated carbocycles. The number of nitrogens with zero attached hydrogens (tertiary/aromatic N) is 1. The van der Waals surface area contributed by atoms with Gasteiger partial charge in [0.05, 0.1) is 0 Å². The second-order valence-corrected chi connectivity index (χ2v) is 6.14. The number of rotatable bonds is 6. The predicted molar refractivity (Wildman–Crippen MR) is 68.1 cm³/mol. The number of ether oxygens (including phenoxy) is 2. The molecule has 0 aliphatic heterocycles. The molecule has 1 aromatic heterocycles. The van der Waals surface area contributed by atoms with Crippen LogP contribution in [0.15, 0.2) is 15.9 Å². The number of nitro groups is 1. The fourth-order valence-corrected chi connectivity index (χ4v) is 4.02. The fraction of sp³-hybridized carbons (Fsp3) is 0.400. The molecule has 0 bridgehead atoms. The number of thioether (sulfide) groups is 1. The van der Waals surface area contributed by atoms with Gasteiger partial charge in [0.2, 0.25) is 0 Å². The Bertz CT molecular complexity index is 488. The van der Waals surface area contributed by atoms with Crippen molar-refractivity contribution in [2.75, 3.05) is 6.61 Å². The van der Waals surface area contributed by atoms with Crippen molar-refractivity contribution in [3.8, 4) is 0 Å². The van der Waals surface area contributed by atoms with Crippen molar-refractivity contribution in [2.24, 2.45) is 0 Å². The van der Waals surface area contributed by atoms with Gasteiger partial charge in [-0.15, -0.1) is 0 Å². The van der Waals surface area contributed by atoms with Crippen LogP contribution in [-0.4, -0.2) is 43.4 Å². The monoisotopic (exact) mass is 353 g/mol. The summed E-state index contributed by atoms with van der Waals surface area (Å²) >= 11 is 0.441. The van der Waals surface area contributed by atoms with Crippen LogP contribution in [0.5, 0.6) is 0 Å². The van der Waals surface area contributed by atoms with Crippen LogP contribution in [0.1, 0.15) is 13.8 Å². The van der Waals surface area contributed by atoms with E-state index in [1.54, 1.807) is 17.9 Å². The van der Waals surface area contributed by atoms with Crippen LogP contribution in [-0.2, 0) is 19.1 Å². The maximum absolute atomic E-state index is 11.6. The van der Waals surface area contributed by atoms with Crippen LogP contribution < -0.4 is 0 Å². The molecular weight excluding hydrogens is 341 g/mol. The van der Waals surface area contributed by atoms with Gasteiger partial charge in [0.1, 0.15) is 0 Å². The SMILES string of the molecule is CCOC(=O)C(OC(C)=O)Sc1cc[se]c1[N+](=O)[O-]. The van der Waals surface area contributed by atoms with Gasteiger partial charge in [-0.2, -0.15) is 0 Å². The summed E-state index contributed by atoms with van der Waals surface area (Å²) in [6.45, 7) is 2.91. The molecule has 0 aliphatic carbocycles. The summed E-state index contributed by atoms with van der Waals surface area (Å²) in [5.74, 6) is -1.38. The molecule has 1 heterocycles. The Morgan fingerprint density at radius 3 is 2.79 bits per heavy atom. The summed E-state index contributed by atoms with van der Waals surface area (Å²) < 4.78 is 9.62. The summed E-state index contributed by atoms with van der Waals surface area (Å²) in [5.41, 5.74) is -1.22. The van der Waals surface area contributed by atoms with Gasteiger partial charge >= 0.3 is 119 Å². The zero-order valence-corrected chi connectivity index (χ0v) is 12.7. The van der Waals surface area contributed by atoms with Gasteiger partial charge in [0.15, 0.2) is 0 Å². The van der Waals surface area contributed by atoms with E-state index in [0.717, 1.165) is 18.7 Å². The molecule has 0 N–H and O–H groups in total. The zero-order chi connectivity index (χ0) is 14.4. The Balaban J connectivity index is 2.87. The van der Waals surface area contributed by atoms with Crippen molar-refractivity contribution in [1.29, 1.82) is 0 Å². The minimum absolute atomic E-state index is 0.0407. The molecule has 0 radical (unpaired) electrons. The third-order valence-electron chi connectivity index (χ3n) is 1.76. The molecule has 104 valence electrons. The van der Waals surface area contributed by atoms with Crippen molar-refractivity contribution in [3.05, 3.63) is 21.1 Å². The van der Waals surface area contributed by atoms with Crippen molar-refractivity contribution < 1.29 is 24.0 Å². The Hall–Kier alpha value is -1.31. The molecular formula is C10H11NO6SSe. The molecule has 1 atom stereocenters. The molecule has 0 spiro atoms. The average molecular weight is 352 g/mol. The van der Waals surface area contributed by atoms with Crippen LogP contribution in [0, 0.1) is 10.1 Å². The van der Waals surface area contributed by atoms with Crippen molar-refractivity contribution in [2.45, 2.75) is 24.2 Å². The number of carbonyl (C=O) groups excluding carboxylic acids is 2. The molecule has 0 amide bonds. The number of hydrogen-bond acceptors (Lipinski definition) is 7. The van der Waals surface area contributed by atoms with Gasteiger partial charge in [-0.3, -0.25) is 0 Å². The van der Waals surface area contributed by atoms with E-state index in [2.05, 4.69) is 0 Å². The Kier molecular flexibility index (Phi) is 6.07. The molecule has 0 saturated heterocycles. The molecule has 7 nitrogen and oxygen atoms in total. The molecule has 19 heavy (non-hydrogen) atoms. The predicted octanol–water partition coefficient (Wildman–Crippen LogP) is 1.20. The first-order valence-corrected chi connectivity index (χ1v) is 7.90. The first-order valence-electron chi connectivity index (χ1n) is 5.18. The van der Waals surface area contributed by atoms with E-state index in [4.69, 9.17) is 9.47 Å². The van der Waals surface area contributed by atoms with Gasteiger partial charge in [0.25, 0.3) is 0 Å². The molecule has 0 aliphatic rings. The van der Waals surface area contributed by atoms with E-state index in [1.807, 2.05) is 0 Å². The molecule has 9 heteroatoms. The number of carbonyl (C=O) groups is 2. The van der Waals surface area contributed by atoms with Gasteiger partial charge in [0, 0.05) is 0 Å². The molecule has 0 fully saturated rings. The first kappa shape index (κ1) is 15.7. The summed E-state index contributed by atoms with van der Waals surface area (Å²) in [7, 11) is 0. The number of hydrogen-bond donors (Lipinski definition) is 0. The van der Waals surface area contributed by atoms with Crippen LogP contribution in [0.4, 0.5) is 4.56 Å². The van der Waals surface area contributed by atoms with Crippen LogP contribution >= 0.6 is 11.8 Å². The van der Waals surface area contributed by atoms with Crippen LogP contribution in [0.25, 0.3) is 0 Å². The summed E-state index contributed by atoms with van der Waals surface area (Å²) in [4.78, 5) is 34.9. The second kappa shape index (κ2) is 7.32. The zero-order valence-electron chi connectivity index (χ0n) is 10.2. The quantitative estimate of drug-likeness (QED) is 0.190. The summed E-state index contributed by atoms with van der Waals surface area (Å²) in [5, 5.41) is 10.8. The van der Waals surface area contributed by atoms with Crippen molar-refractivity contribution in [3.63, 3.8) is 0 Å². The summed E-state index contributed by atoms with van der Waals surface area (Å²) in [6, 6.07) is 1.55.